The van der Waals surface area contributed by atoms with Crippen LogP contribution in [0, 0.1) is 5.82 Å². The van der Waals surface area contributed by atoms with E-state index < -0.39 is 27.0 Å². The van der Waals surface area contributed by atoms with Crippen molar-refractivity contribution >= 4 is 15.7 Å². The first kappa shape index (κ1) is 17.6. The fourth-order valence-electron chi connectivity index (χ4n) is 3.42. The molecule has 2 aromatic rings. The third-order valence-electron chi connectivity index (χ3n) is 4.72. The lowest BCUT2D eigenvalue weighted by atomic mass is 10.00. The molecule has 1 aliphatic rings. The van der Waals surface area contributed by atoms with Crippen molar-refractivity contribution in [1.29, 1.82) is 0 Å². The van der Waals surface area contributed by atoms with Gasteiger partial charge in [-0.05, 0) is 42.2 Å². The molecule has 132 valence electrons. The Labute approximate surface area is 147 Å². The van der Waals surface area contributed by atoms with Crippen molar-refractivity contribution in [2.24, 2.45) is 0 Å². The highest BCUT2D eigenvalue weighted by Crippen LogP contribution is 2.37. The largest absolute Gasteiger partial charge is 0.351 e. The molecule has 3 rings (SSSR count). The SMILES string of the molecule is C[C@H](C(=O)N[C@@H]1Cc2ccccc2[C@H]1S(C)(=O)=O)c1ccc(F)cc1. The lowest BCUT2D eigenvalue weighted by Crippen LogP contribution is -2.41. The number of halogens is 1. The summed E-state index contributed by atoms with van der Waals surface area (Å²) in [6.07, 6.45) is 1.68. The van der Waals surface area contributed by atoms with Crippen LogP contribution in [0.5, 0.6) is 0 Å². The highest BCUT2D eigenvalue weighted by Gasteiger charge is 2.40. The number of benzene rings is 2. The lowest BCUT2D eigenvalue weighted by molar-refractivity contribution is -0.122. The molecule has 0 aliphatic heterocycles. The Balaban J connectivity index is 1.82. The molecule has 1 aliphatic carbocycles. The molecule has 25 heavy (non-hydrogen) atoms. The smallest absolute Gasteiger partial charge is 0.227 e. The zero-order chi connectivity index (χ0) is 18.2. The molecule has 0 fully saturated rings. The average molecular weight is 361 g/mol. The Morgan fingerprint density at radius 1 is 1.16 bits per heavy atom. The molecule has 2 aromatic carbocycles. The fraction of sp³-hybridized carbons (Fsp3) is 0.316. The third-order valence-corrected chi connectivity index (χ3v) is 6.22. The van der Waals surface area contributed by atoms with E-state index in [1.807, 2.05) is 18.2 Å². The number of amides is 1. The molecule has 0 saturated carbocycles. The van der Waals surface area contributed by atoms with Crippen LogP contribution in [-0.4, -0.2) is 26.6 Å². The molecule has 1 amide bonds. The molecule has 1 N–H and O–H groups in total. The summed E-state index contributed by atoms with van der Waals surface area (Å²) in [6, 6.07) is 12.6. The van der Waals surface area contributed by atoms with E-state index in [-0.39, 0.29) is 11.7 Å². The van der Waals surface area contributed by atoms with E-state index in [1.165, 1.54) is 18.4 Å². The number of sulfone groups is 1. The number of fused-ring (bicyclic) bond motifs is 1. The summed E-state index contributed by atoms with van der Waals surface area (Å²) < 4.78 is 37.6. The normalized spacial score (nSPS) is 20.8. The molecule has 3 atom stereocenters. The minimum absolute atomic E-state index is 0.266. The predicted octanol–water partition coefficient (Wildman–Crippen LogP) is 2.76. The first-order valence-corrected chi connectivity index (χ1v) is 10.1. The van der Waals surface area contributed by atoms with Crippen LogP contribution in [0.3, 0.4) is 0 Å². The summed E-state index contributed by atoms with van der Waals surface area (Å²) in [4.78, 5) is 12.6. The van der Waals surface area contributed by atoms with Gasteiger partial charge in [-0.2, -0.15) is 0 Å². The van der Waals surface area contributed by atoms with Gasteiger partial charge in [-0.25, -0.2) is 12.8 Å². The minimum Gasteiger partial charge on any atom is -0.351 e. The number of rotatable bonds is 4. The molecule has 0 saturated heterocycles. The number of carbonyl (C=O) groups is 1. The highest BCUT2D eigenvalue weighted by molar-refractivity contribution is 7.91. The van der Waals surface area contributed by atoms with Crippen LogP contribution in [0.2, 0.25) is 0 Å². The van der Waals surface area contributed by atoms with Gasteiger partial charge in [0.2, 0.25) is 5.91 Å². The van der Waals surface area contributed by atoms with Crippen molar-refractivity contribution in [2.45, 2.75) is 30.6 Å². The second-order valence-electron chi connectivity index (χ2n) is 6.54. The Hall–Kier alpha value is -2.21. The van der Waals surface area contributed by atoms with E-state index in [9.17, 15) is 17.6 Å². The molecule has 0 radical (unpaired) electrons. The quantitative estimate of drug-likeness (QED) is 0.911. The van der Waals surface area contributed by atoms with Crippen molar-refractivity contribution in [3.8, 4) is 0 Å². The van der Waals surface area contributed by atoms with Gasteiger partial charge < -0.3 is 5.32 Å². The average Bonchev–Trinajstić information content (AvgIpc) is 2.92. The van der Waals surface area contributed by atoms with E-state index in [0.29, 0.717) is 12.0 Å². The first-order chi connectivity index (χ1) is 11.8. The number of carbonyl (C=O) groups excluding carboxylic acids is 1. The summed E-state index contributed by atoms with van der Waals surface area (Å²) in [6.45, 7) is 1.72. The van der Waals surface area contributed by atoms with Crippen molar-refractivity contribution in [3.05, 3.63) is 71.0 Å². The molecule has 0 bridgehead atoms. The molecule has 0 heterocycles. The van der Waals surface area contributed by atoms with E-state index in [2.05, 4.69) is 5.32 Å². The van der Waals surface area contributed by atoms with Gasteiger partial charge in [0.15, 0.2) is 9.84 Å². The van der Waals surface area contributed by atoms with E-state index in [1.54, 1.807) is 25.1 Å². The fourth-order valence-corrected chi connectivity index (χ4v) is 4.88. The van der Waals surface area contributed by atoms with Gasteiger partial charge in [0.1, 0.15) is 11.1 Å². The predicted molar refractivity (Wildman–Crippen MR) is 94.5 cm³/mol. The van der Waals surface area contributed by atoms with E-state index in [0.717, 1.165) is 11.1 Å². The second kappa shape index (κ2) is 6.59. The van der Waals surface area contributed by atoms with Gasteiger partial charge in [0, 0.05) is 6.26 Å². The molecular formula is C19H20FNO3S. The lowest BCUT2D eigenvalue weighted by Gasteiger charge is -2.22. The maximum atomic E-state index is 13.0. The molecule has 0 unspecified atom stereocenters. The third kappa shape index (κ3) is 3.58. The van der Waals surface area contributed by atoms with Crippen molar-refractivity contribution in [2.75, 3.05) is 6.26 Å². The summed E-state index contributed by atoms with van der Waals surface area (Å²) >= 11 is 0. The molecular weight excluding hydrogens is 341 g/mol. The topological polar surface area (TPSA) is 63.2 Å². The number of hydrogen-bond donors (Lipinski definition) is 1. The first-order valence-electron chi connectivity index (χ1n) is 8.10. The van der Waals surface area contributed by atoms with Gasteiger partial charge in [0.05, 0.1) is 12.0 Å². The van der Waals surface area contributed by atoms with Gasteiger partial charge in [-0.15, -0.1) is 0 Å². The van der Waals surface area contributed by atoms with Crippen LogP contribution in [0.1, 0.15) is 34.8 Å². The Kier molecular flexibility index (Phi) is 4.64. The van der Waals surface area contributed by atoms with Gasteiger partial charge in [-0.3, -0.25) is 4.79 Å². The van der Waals surface area contributed by atoms with E-state index >= 15 is 0 Å². The van der Waals surface area contributed by atoms with Crippen LogP contribution in [-0.2, 0) is 21.1 Å². The Morgan fingerprint density at radius 2 is 1.80 bits per heavy atom. The van der Waals surface area contributed by atoms with Crippen molar-refractivity contribution < 1.29 is 17.6 Å². The van der Waals surface area contributed by atoms with Crippen LogP contribution >= 0.6 is 0 Å². The summed E-state index contributed by atoms with van der Waals surface area (Å²) in [5.41, 5.74) is 2.38. The van der Waals surface area contributed by atoms with Gasteiger partial charge >= 0.3 is 0 Å². The van der Waals surface area contributed by atoms with E-state index in [4.69, 9.17) is 0 Å². The van der Waals surface area contributed by atoms with Crippen LogP contribution < -0.4 is 5.32 Å². The molecule has 0 aromatic heterocycles. The maximum absolute atomic E-state index is 13.0. The second-order valence-corrected chi connectivity index (χ2v) is 8.71. The highest BCUT2D eigenvalue weighted by atomic mass is 32.2. The maximum Gasteiger partial charge on any atom is 0.227 e. The van der Waals surface area contributed by atoms with Gasteiger partial charge in [0.25, 0.3) is 0 Å². The van der Waals surface area contributed by atoms with Crippen LogP contribution in [0.15, 0.2) is 48.5 Å². The monoisotopic (exact) mass is 361 g/mol. The van der Waals surface area contributed by atoms with Crippen LogP contribution in [0.4, 0.5) is 4.39 Å². The summed E-state index contributed by atoms with van der Waals surface area (Å²) in [5.74, 6) is -1.12. The Bertz CT molecular complexity index is 893. The zero-order valence-corrected chi connectivity index (χ0v) is 14.9. The van der Waals surface area contributed by atoms with Crippen molar-refractivity contribution in [1.82, 2.24) is 5.32 Å². The summed E-state index contributed by atoms with van der Waals surface area (Å²) in [5, 5.41) is 2.14. The van der Waals surface area contributed by atoms with Crippen LogP contribution in [0.25, 0.3) is 0 Å². The molecule has 6 heteroatoms. The zero-order valence-electron chi connectivity index (χ0n) is 14.1. The van der Waals surface area contributed by atoms with Crippen molar-refractivity contribution in [3.63, 3.8) is 0 Å². The number of nitrogens with one attached hydrogen (secondary N) is 1. The van der Waals surface area contributed by atoms with Gasteiger partial charge in [-0.1, -0.05) is 36.4 Å². The standard InChI is InChI=1S/C19H20FNO3S/c1-12(13-7-9-15(20)10-8-13)19(22)21-17-11-14-5-3-4-6-16(14)18(17)25(2,23)24/h3-10,12,17-18H,11H2,1-2H3,(H,21,22)/t12-,17+,18+/m0/s1. The minimum atomic E-state index is -3.37. The molecule has 4 nitrogen and oxygen atoms in total. The Morgan fingerprint density at radius 3 is 2.44 bits per heavy atom. The molecule has 0 spiro atoms. The number of hydrogen-bond acceptors (Lipinski definition) is 3. The summed E-state index contributed by atoms with van der Waals surface area (Å²) in [7, 11) is -3.37.